The molecule has 0 radical (unpaired) electrons. The molecule has 0 heterocycles. The number of likely N-dealkylation sites (N-methyl/N-ethyl adjacent to an activating group) is 1. The minimum Gasteiger partial charge on any atom is -0.370 e. The Morgan fingerprint density at radius 3 is 2.32 bits per heavy atom. The zero-order chi connectivity index (χ0) is 17.9. The topological polar surface area (TPSA) is 49.4 Å². The van der Waals surface area contributed by atoms with Crippen LogP contribution in [0, 0.1) is 0 Å². The fraction of sp³-hybridized carbons (Fsp3) is 0.368. The Labute approximate surface area is 154 Å². The van der Waals surface area contributed by atoms with Crippen molar-refractivity contribution < 1.29 is 8.42 Å². The second-order valence-electron chi connectivity index (χ2n) is 6.48. The quantitative estimate of drug-likeness (QED) is 0.853. The minimum atomic E-state index is -3.56. The van der Waals surface area contributed by atoms with Crippen LogP contribution in [0.15, 0.2) is 59.5 Å². The number of hydrogen-bond donors (Lipinski definition) is 1. The van der Waals surface area contributed by atoms with Gasteiger partial charge in [0.15, 0.2) is 0 Å². The predicted molar refractivity (Wildman–Crippen MR) is 103 cm³/mol. The van der Waals surface area contributed by atoms with E-state index in [0.29, 0.717) is 5.02 Å². The lowest BCUT2D eigenvalue weighted by molar-refractivity contribution is 0.351. The van der Waals surface area contributed by atoms with Gasteiger partial charge in [-0.1, -0.05) is 42.6 Å². The standard InChI is InChI=1S/C19H23ClN2O2S/c1-22(16-7-3-2-4-8-16)19-10-6-5-9-18(19)21-25(23,24)17-13-11-15(20)12-14-17/h2-4,7-8,11-14,18-19,21H,5-6,9-10H2,1H3/t18-,19+/m0/s1. The number of para-hydroxylation sites is 1. The molecule has 2 aromatic rings. The maximum atomic E-state index is 12.7. The van der Waals surface area contributed by atoms with Crippen LogP contribution in [0.5, 0.6) is 0 Å². The van der Waals surface area contributed by atoms with Crippen LogP contribution in [-0.2, 0) is 10.0 Å². The molecule has 6 heteroatoms. The maximum Gasteiger partial charge on any atom is 0.240 e. The molecule has 0 aromatic heterocycles. The smallest absolute Gasteiger partial charge is 0.240 e. The van der Waals surface area contributed by atoms with Crippen molar-refractivity contribution in [2.45, 2.75) is 42.7 Å². The van der Waals surface area contributed by atoms with Crippen LogP contribution in [0.25, 0.3) is 0 Å². The molecule has 4 nitrogen and oxygen atoms in total. The highest BCUT2D eigenvalue weighted by Gasteiger charge is 2.32. The summed E-state index contributed by atoms with van der Waals surface area (Å²) in [4.78, 5) is 2.44. The van der Waals surface area contributed by atoms with Crippen molar-refractivity contribution in [3.63, 3.8) is 0 Å². The third-order valence-electron chi connectivity index (χ3n) is 4.82. The summed E-state index contributed by atoms with van der Waals surface area (Å²) in [7, 11) is -1.52. The minimum absolute atomic E-state index is 0.111. The van der Waals surface area contributed by atoms with Gasteiger partial charge in [-0.3, -0.25) is 0 Å². The van der Waals surface area contributed by atoms with E-state index in [1.54, 1.807) is 24.3 Å². The Kier molecular flexibility index (Phi) is 5.67. The number of sulfonamides is 1. The van der Waals surface area contributed by atoms with E-state index < -0.39 is 10.0 Å². The van der Waals surface area contributed by atoms with Crippen molar-refractivity contribution in [3.8, 4) is 0 Å². The van der Waals surface area contributed by atoms with Crippen molar-refractivity contribution >= 4 is 27.3 Å². The molecule has 0 spiro atoms. The highest BCUT2D eigenvalue weighted by molar-refractivity contribution is 7.89. The molecule has 0 aliphatic heterocycles. The van der Waals surface area contributed by atoms with Gasteiger partial charge in [-0.05, 0) is 49.2 Å². The summed E-state index contributed by atoms with van der Waals surface area (Å²) in [5, 5.41) is 0.526. The second-order valence-corrected chi connectivity index (χ2v) is 8.63. The third-order valence-corrected chi connectivity index (χ3v) is 6.58. The molecule has 2 aromatic carbocycles. The Hall–Kier alpha value is -1.56. The number of rotatable bonds is 5. The SMILES string of the molecule is CN(c1ccccc1)[C@@H]1CCCC[C@@H]1NS(=O)(=O)c1ccc(Cl)cc1. The number of hydrogen-bond acceptors (Lipinski definition) is 3. The molecular formula is C19H23ClN2O2S. The van der Waals surface area contributed by atoms with Crippen LogP contribution in [0.3, 0.4) is 0 Å². The van der Waals surface area contributed by atoms with Crippen molar-refractivity contribution in [3.05, 3.63) is 59.6 Å². The van der Waals surface area contributed by atoms with Crippen LogP contribution in [-0.4, -0.2) is 27.5 Å². The van der Waals surface area contributed by atoms with Crippen LogP contribution in [0.2, 0.25) is 5.02 Å². The van der Waals surface area contributed by atoms with E-state index in [0.717, 1.165) is 31.4 Å². The molecule has 0 unspecified atom stereocenters. The van der Waals surface area contributed by atoms with Crippen LogP contribution >= 0.6 is 11.6 Å². The normalized spacial score (nSPS) is 21.0. The van der Waals surface area contributed by atoms with Crippen molar-refractivity contribution in [1.29, 1.82) is 0 Å². The van der Waals surface area contributed by atoms with E-state index in [-0.39, 0.29) is 17.0 Å². The second kappa shape index (κ2) is 7.77. The molecule has 0 amide bonds. The largest absolute Gasteiger partial charge is 0.370 e. The van der Waals surface area contributed by atoms with Gasteiger partial charge in [0.1, 0.15) is 0 Å². The summed E-state index contributed by atoms with van der Waals surface area (Å²) in [5.74, 6) is 0. The zero-order valence-corrected chi connectivity index (χ0v) is 15.8. The van der Waals surface area contributed by atoms with Gasteiger partial charge in [-0.15, -0.1) is 0 Å². The summed E-state index contributed by atoms with van der Waals surface area (Å²) < 4.78 is 28.4. The molecule has 1 fully saturated rings. The molecule has 0 saturated heterocycles. The number of nitrogens with zero attached hydrogens (tertiary/aromatic N) is 1. The van der Waals surface area contributed by atoms with Gasteiger partial charge in [0.25, 0.3) is 0 Å². The van der Waals surface area contributed by atoms with E-state index in [1.165, 1.54) is 0 Å². The van der Waals surface area contributed by atoms with E-state index >= 15 is 0 Å². The maximum absolute atomic E-state index is 12.7. The van der Waals surface area contributed by atoms with Crippen LogP contribution in [0.4, 0.5) is 5.69 Å². The Morgan fingerprint density at radius 1 is 1.00 bits per heavy atom. The Balaban J connectivity index is 1.80. The zero-order valence-electron chi connectivity index (χ0n) is 14.2. The van der Waals surface area contributed by atoms with Gasteiger partial charge in [-0.25, -0.2) is 13.1 Å². The molecule has 1 N–H and O–H groups in total. The third kappa shape index (κ3) is 4.35. The first kappa shape index (κ1) is 18.2. The summed E-state index contributed by atoms with van der Waals surface area (Å²) in [5.41, 5.74) is 1.10. The van der Waals surface area contributed by atoms with Gasteiger partial charge in [-0.2, -0.15) is 0 Å². The average Bonchev–Trinajstić information content (AvgIpc) is 2.62. The number of halogens is 1. The molecule has 0 bridgehead atoms. The van der Waals surface area contributed by atoms with Crippen LogP contribution in [0.1, 0.15) is 25.7 Å². The highest BCUT2D eigenvalue weighted by atomic mass is 35.5. The average molecular weight is 379 g/mol. The first-order valence-electron chi connectivity index (χ1n) is 8.53. The lowest BCUT2D eigenvalue weighted by Gasteiger charge is -2.39. The van der Waals surface area contributed by atoms with Crippen molar-refractivity contribution in [2.24, 2.45) is 0 Å². The summed E-state index contributed by atoms with van der Waals surface area (Å²) in [6.07, 6.45) is 3.96. The molecule has 1 aliphatic rings. The Bertz CT molecular complexity index is 794. The van der Waals surface area contributed by atoms with E-state index in [4.69, 9.17) is 11.6 Å². The molecule has 1 saturated carbocycles. The van der Waals surface area contributed by atoms with Crippen molar-refractivity contribution in [1.82, 2.24) is 4.72 Å². The molecule has 3 rings (SSSR count). The predicted octanol–water partition coefficient (Wildman–Crippen LogP) is 4.07. The molecule has 134 valence electrons. The van der Waals surface area contributed by atoms with E-state index in [9.17, 15) is 8.42 Å². The fourth-order valence-corrected chi connectivity index (χ4v) is 4.88. The van der Waals surface area contributed by atoms with Gasteiger partial charge < -0.3 is 4.90 Å². The number of benzene rings is 2. The molecule has 2 atom stereocenters. The van der Waals surface area contributed by atoms with Gasteiger partial charge in [0, 0.05) is 29.8 Å². The Morgan fingerprint density at radius 2 is 1.64 bits per heavy atom. The summed E-state index contributed by atoms with van der Waals surface area (Å²) in [6.45, 7) is 0. The monoisotopic (exact) mass is 378 g/mol. The molecule has 25 heavy (non-hydrogen) atoms. The molecular weight excluding hydrogens is 356 g/mol. The van der Waals surface area contributed by atoms with Gasteiger partial charge in [0.05, 0.1) is 4.90 Å². The summed E-state index contributed by atoms with van der Waals surface area (Å²) >= 11 is 5.86. The van der Waals surface area contributed by atoms with Gasteiger partial charge >= 0.3 is 0 Å². The highest BCUT2D eigenvalue weighted by Crippen LogP contribution is 2.27. The van der Waals surface area contributed by atoms with Gasteiger partial charge in [0.2, 0.25) is 10.0 Å². The number of nitrogens with one attached hydrogen (secondary N) is 1. The lowest BCUT2D eigenvalue weighted by atomic mass is 9.90. The van der Waals surface area contributed by atoms with E-state index in [1.807, 2.05) is 25.2 Å². The lowest BCUT2D eigenvalue weighted by Crippen LogP contribution is -2.52. The molecule has 1 aliphatic carbocycles. The number of anilines is 1. The first-order valence-corrected chi connectivity index (χ1v) is 10.4. The van der Waals surface area contributed by atoms with Crippen molar-refractivity contribution in [2.75, 3.05) is 11.9 Å². The van der Waals surface area contributed by atoms with E-state index in [2.05, 4.69) is 21.8 Å². The fourth-order valence-electron chi connectivity index (χ4n) is 3.45. The summed E-state index contributed by atoms with van der Waals surface area (Å²) in [6, 6.07) is 16.4. The first-order chi connectivity index (χ1) is 12.0. The van der Waals surface area contributed by atoms with Crippen LogP contribution < -0.4 is 9.62 Å².